The molecule has 0 radical (unpaired) electrons. The lowest BCUT2D eigenvalue weighted by atomic mass is 9.73. The third kappa shape index (κ3) is 18.0. The van der Waals surface area contributed by atoms with Gasteiger partial charge < -0.3 is 29.1 Å². The van der Waals surface area contributed by atoms with Crippen molar-refractivity contribution in [2.24, 2.45) is 5.41 Å². The molecule has 2 aliphatic heterocycles. The van der Waals surface area contributed by atoms with Gasteiger partial charge in [-0.15, -0.1) is 11.8 Å². The summed E-state index contributed by atoms with van der Waals surface area (Å²) in [5, 5.41) is 4.15. The van der Waals surface area contributed by atoms with Gasteiger partial charge in [-0.1, -0.05) is 61.4 Å². The maximum absolute atomic E-state index is 13.8. The number of anilines is 2. The number of sulfonamides is 1. The van der Waals surface area contributed by atoms with E-state index in [-0.39, 0.29) is 51.5 Å². The third-order valence-electron chi connectivity index (χ3n) is 13.8. The first-order chi connectivity index (χ1) is 36.6. The predicted octanol–water partition coefficient (Wildman–Crippen LogP) is 9.95. The van der Waals surface area contributed by atoms with Crippen LogP contribution >= 0.6 is 31.0 Å². The molecule has 1 aliphatic carbocycles. The van der Waals surface area contributed by atoms with Crippen LogP contribution in [0.25, 0.3) is 5.57 Å². The highest BCUT2D eigenvalue weighted by molar-refractivity contribution is 7.99. The largest absolute Gasteiger partial charge is 0.510 e. The Morgan fingerprint density at radius 3 is 2.14 bits per heavy atom. The molecule has 420 valence electrons. The zero-order valence-corrected chi connectivity index (χ0v) is 49.0. The highest BCUT2D eigenvalue weighted by Crippen LogP contribution is 2.49. The summed E-state index contributed by atoms with van der Waals surface area (Å²) in [7, 11) is -12.1. The van der Waals surface area contributed by atoms with Crippen LogP contribution in [0.2, 0.25) is 5.02 Å². The lowest BCUT2D eigenvalue weighted by molar-refractivity contribution is -0.0140. The first-order valence-electron chi connectivity index (χ1n) is 26.1. The number of thioether (sulfide) groups is 1. The molecule has 1 amide bonds. The normalized spacial score (nSPS) is 18.2. The van der Waals surface area contributed by atoms with E-state index in [4.69, 9.17) is 30.1 Å². The van der Waals surface area contributed by atoms with Crippen LogP contribution in [0.4, 0.5) is 16.2 Å². The molecule has 77 heavy (non-hydrogen) atoms. The number of ether oxygens (including phenoxy) is 2. The number of hydrogen-bond donors (Lipinski definition) is 2. The quantitative estimate of drug-likeness (QED) is 0.0291. The van der Waals surface area contributed by atoms with Crippen molar-refractivity contribution in [3.05, 3.63) is 119 Å². The molecule has 0 spiro atoms. The van der Waals surface area contributed by atoms with E-state index in [2.05, 4.69) is 50.7 Å². The Morgan fingerprint density at radius 1 is 0.831 bits per heavy atom. The Hall–Kier alpha value is -4.47. The number of rotatable bonds is 24. The molecule has 22 heteroatoms. The molecular weight excluding hydrogens is 1080 g/mol. The Balaban J connectivity index is 0.948. The Bertz CT molecular complexity index is 2940. The van der Waals surface area contributed by atoms with E-state index in [0.29, 0.717) is 44.9 Å². The molecule has 4 aromatic rings. The molecule has 3 aliphatic rings. The molecule has 1 unspecified atom stereocenters. The maximum atomic E-state index is 13.8. The highest BCUT2D eigenvalue weighted by atomic mass is 35.5. The summed E-state index contributed by atoms with van der Waals surface area (Å²) >= 11 is 7.83. The number of sulfone groups is 1. The number of carbonyl (C=O) groups excluding carboxylic acids is 2. The summed E-state index contributed by atoms with van der Waals surface area (Å²) in [6.07, 6.45) is 3.55. The van der Waals surface area contributed by atoms with Crippen molar-refractivity contribution in [2.75, 3.05) is 107 Å². The van der Waals surface area contributed by atoms with E-state index >= 15 is 0 Å². The molecule has 2 fully saturated rings. The number of carbonyl (C=O) groups is 2. The summed E-state index contributed by atoms with van der Waals surface area (Å²) in [6, 6.07) is 28.4. The standard InChI is InChI=1S/C55H74ClN6O11PS3/c1-7-71-74(65,72-40-70-54(64)73-41(2)3)39-61-29-27-59(28-30-61)26-24-46(38-75-48-11-9-8-10-12-48)57-51-22-21-49(35-52(51)76(6,66)67)77(68,69)58-53(63)43-15-19-47(20-16-43)62-33-31-60(32-34-62)37-44-36-55(4,5)25-23-50(44)42-13-17-45(56)18-14-42/h8-22,35,41,46,57H,7,23-34,36-40H2,1-6H3,(H,58,63)/t46-,74?/m1/s1. The number of amides is 1. The molecule has 2 N–H and O–H groups in total. The fraction of sp³-hybridized carbons (Fsp3) is 0.491. The summed E-state index contributed by atoms with van der Waals surface area (Å²) in [6.45, 7) is 16.6. The first kappa shape index (κ1) is 60.2. The average molecular weight is 1160 g/mol. The molecule has 0 saturated carbocycles. The van der Waals surface area contributed by atoms with Crippen LogP contribution in [0.1, 0.15) is 76.2 Å². The fourth-order valence-corrected chi connectivity index (χ4v) is 14.4. The second-order valence-electron chi connectivity index (χ2n) is 20.8. The van der Waals surface area contributed by atoms with Gasteiger partial charge in [-0.3, -0.25) is 23.7 Å². The topological polar surface area (TPSA) is 193 Å². The van der Waals surface area contributed by atoms with Crippen LogP contribution in [-0.4, -0.2) is 153 Å². The van der Waals surface area contributed by atoms with Gasteiger partial charge in [-0.25, -0.2) is 26.4 Å². The van der Waals surface area contributed by atoms with Crippen molar-refractivity contribution in [3.63, 3.8) is 0 Å². The van der Waals surface area contributed by atoms with E-state index < -0.39 is 46.3 Å². The van der Waals surface area contributed by atoms with E-state index in [0.717, 1.165) is 79.9 Å². The molecule has 2 saturated heterocycles. The van der Waals surface area contributed by atoms with Crippen molar-refractivity contribution in [1.29, 1.82) is 0 Å². The third-order valence-corrected chi connectivity index (χ3v) is 19.6. The monoisotopic (exact) mass is 1160 g/mol. The average Bonchev–Trinajstić information content (AvgIpc) is 3.41. The van der Waals surface area contributed by atoms with Gasteiger partial charge >= 0.3 is 13.8 Å². The minimum Gasteiger partial charge on any atom is -0.432 e. The smallest absolute Gasteiger partial charge is 0.432 e. The molecular formula is C55H74ClN6O11PS3. The summed E-state index contributed by atoms with van der Waals surface area (Å²) in [5.74, 6) is -0.278. The molecule has 0 bridgehead atoms. The minimum atomic E-state index is -4.51. The molecule has 2 heterocycles. The van der Waals surface area contributed by atoms with Crippen molar-refractivity contribution in [3.8, 4) is 0 Å². The van der Waals surface area contributed by atoms with Crippen LogP contribution in [0, 0.1) is 5.41 Å². The van der Waals surface area contributed by atoms with E-state index in [1.165, 1.54) is 28.8 Å². The number of benzene rings is 4. The van der Waals surface area contributed by atoms with Crippen LogP contribution in [0.5, 0.6) is 0 Å². The molecule has 4 aromatic carbocycles. The van der Waals surface area contributed by atoms with Crippen LogP contribution in [-0.2, 0) is 42.9 Å². The van der Waals surface area contributed by atoms with Crippen molar-refractivity contribution < 1.29 is 49.5 Å². The Morgan fingerprint density at radius 2 is 1.49 bits per heavy atom. The highest BCUT2D eigenvalue weighted by Gasteiger charge is 2.33. The molecule has 0 aromatic heterocycles. The Labute approximate surface area is 464 Å². The maximum Gasteiger partial charge on any atom is 0.510 e. The van der Waals surface area contributed by atoms with Gasteiger partial charge in [-0.05, 0) is 130 Å². The van der Waals surface area contributed by atoms with Crippen LogP contribution in [0.3, 0.4) is 0 Å². The van der Waals surface area contributed by atoms with Crippen molar-refractivity contribution >= 4 is 79.8 Å². The molecule has 7 rings (SSSR count). The number of piperazine rings is 2. The van der Waals surface area contributed by atoms with Gasteiger partial charge in [0.05, 0.1) is 28.2 Å². The van der Waals surface area contributed by atoms with E-state index in [1.54, 1.807) is 44.7 Å². The second kappa shape index (κ2) is 27.1. The van der Waals surface area contributed by atoms with Crippen molar-refractivity contribution in [1.82, 2.24) is 19.4 Å². The second-order valence-corrected chi connectivity index (χ2v) is 28.0. The number of halogens is 1. The number of nitrogens with one attached hydrogen (secondary N) is 2. The van der Waals surface area contributed by atoms with Gasteiger partial charge in [0.25, 0.3) is 15.9 Å². The van der Waals surface area contributed by atoms with Gasteiger partial charge in [0.2, 0.25) is 6.79 Å². The minimum absolute atomic E-state index is 0.0112. The first-order valence-corrected chi connectivity index (χ1v) is 32.6. The molecule has 17 nitrogen and oxygen atoms in total. The SMILES string of the molecule is CCOP(=O)(CN1CCN(CC[C@H](CSc2ccccc2)Nc2ccc(S(=O)(=O)NC(=O)c3ccc(N4CCN(CC5=C(c6ccc(Cl)cc6)CCC(C)(C)C5)CC4)cc3)cc2S(C)(=O)=O)CC1)OCOC(=O)OC(C)C. The van der Waals surface area contributed by atoms with E-state index in [9.17, 15) is 31.0 Å². The summed E-state index contributed by atoms with van der Waals surface area (Å²) in [4.78, 5) is 34.8. The zero-order chi connectivity index (χ0) is 55.4. The zero-order valence-electron chi connectivity index (χ0n) is 44.9. The van der Waals surface area contributed by atoms with E-state index in [1.807, 2.05) is 59.5 Å². The summed E-state index contributed by atoms with van der Waals surface area (Å²) in [5.41, 5.74) is 5.70. The van der Waals surface area contributed by atoms with Gasteiger partial charge in [-0.2, -0.15) is 0 Å². The molecule has 2 atom stereocenters. The number of hydrogen-bond acceptors (Lipinski definition) is 17. The van der Waals surface area contributed by atoms with Crippen molar-refractivity contribution in [2.45, 2.75) is 87.1 Å². The van der Waals surface area contributed by atoms with Crippen LogP contribution in [0.15, 0.2) is 117 Å². The fourth-order valence-electron chi connectivity index (χ4n) is 9.72. The predicted molar refractivity (Wildman–Crippen MR) is 305 cm³/mol. The Kier molecular flexibility index (Phi) is 21.2. The number of allylic oxidation sites excluding steroid dienone is 1. The summed E-state index contributed by atoms with van der Waals surface area (Å²) < 4.78 is 90.9. The lowest BCUT2D eigenvalue weighted by Crippen LogP contribution is -2.47. The van der Waals surface area contributed by atoms with Gasteiger partial charge in [0.15, 0.2) is 9.84 Å². The number of nitrogens with zero attached hydrogens (tertiary/aromatic N) is 4. The van der Waals surface area contributed by atoms with Gasteiger partial charge in [0.1, 0.15) is 6.29 Å². The van der Waals surface area contributed by atoms with Gasteiger partial charge in [0, 0.05) is 105 Å². The van der Waals surface area contributed by atoms with Crippen LogP contribution < -0.4 is 14.9 Å². The lowest BCUT2D eigenvalue weighted by Gasteiger charge is -2.39.